The maximum atomic E-state index is 5.20. The molecule has 78 valence electrons. The van der Waals surface area contributed by atoms with Gasteiger partial charge in [0.2, 0.25) is 0 Å². The van der Waals surface area contributed by atoms with E-state index in [1.807, 2.05) is 13.0 Å². The molecule has 1 aromatic carbocycles. The fourth-order valence-electron chi connectivity index (χ4n) is 1.53. The van der Waals surface area contributed by atoms with E-state index >= 15 is 0 Å². The van der Waals surface area contributed by atoms with Gasteiger partial charge in [0.05, 0.1) is 5.69 Å². The lowest BCUT2D eigenvalue weighted by atomic mass is 10.0. The number of rotatable bonds is 2. The van der Waals surface area contributed by atoms with Crippen molar-refractivity contribution in [2.75, 3.05) is 0 Å². The molecule has 0 aliphatic rings. The first-order valence-electron chi connectivity index (χ1n) is 5.20. The van der Waals surface area contributed by atoms with Crippen LogP contribution < -0.4 is 0 Å². The normalized spacial score (nSPS) is 10.9. The number of aromatic nitrogens is 1. The molecule has 0 saturated heterocycles. The van der Waals surface area contributed by atoms with Crippen LogP contribution in [0.5, 0.6) is 0 Å². The Kier molecular flexibility index (Phi) is 2.58. The molecule has 2 nitrogen and oxygen atoms in total. The zero-order chi connectivity index (χ0) is 10.8. The number of nitrogens with zero attached hydrogens (tertiary/aromatic N) is 1. The molecule has 2 aromatic rings. The molecule has 0 bridgehead atoms. The molecule has 2 heteroatoms. The minimum absolute atomic E-state index is 0.565. The summed E-state index contributed by atoms with van der Waals surface area (Å²) in [6, 6.07) is 10.4. The largest absolute Gasteiger partial charge is 0.356 e. The van der Waals surface area contributed by atoms with Crippen molar-refractivity contribution in [3.63, 3.8) is 0 Å². The second-order valence-electron chi connectivity index (χ2n) is 4.11. The predicted octanol–water partition coefficient (Wildman–Crippen LogP) is 3.77. The summed E-state index contributed by atoms with van der Waals surface area (Å²) in [6.45, 7) is 6.30. The molecule has 1 heterocycles. The van der Waals surface area contributed by atoms with Crippen molar-refractivity contribution in [2.45, 2.75) is 26.7 Å². The second-order valence-corrected chi connectivity index (χ2v) is 4.11. The molecule has 0 spiro atoms. The highest BCUT2D eigenvalue weighted by Crippen LogP contribution is 2.22. The summed E-state index contributed by atoms with van der Waals surface area (Å²) in [5.41, 5.74) is 3.34. The van der Waals surface area contributed by atoms with Crippen LogP contribution in [-0.2, 0) is 0 Å². The Hall–Kier alpha value is -1.57. The van der Waals surface area contributed by atoms with E-state index < -0.39 is 0 Å². The van der Waals surface area contributed by atoms with Gasteiger partial charge in [-0.15, -0.1) is 0 Å². The lowest BCUT2D eigenvalue weighted by Gasteiger charge is -2.04. The van der Waals surface area contributed by atoms with Crippen molar-refractivity contribution < 1.29 is 4.52 Å². The van der Waals surface area contributed by atoms with Crippen LogP contribution in [0.25, 0.3) is 11.3 Å². The van der Waals surface area contributed by atoms with E-state index in [0.717, 1.165) is 17.0 Å². The second kappa shape index (κ2) is 3.89. The van der Waals surface area contributed by atoms with Gasteiger partial charge >= 0.3 is 0 Å². The molecule has 0 radical (unpaired) electrons. The van der Waals surface area contributed by atoms with Crippen molar-refractivity contribution in [1.29, 1.82) is 0 Å². The van der Waals surface area contributed by atoms with E-state index in [2.05, 4.69) is 43.3 Å². The van der Waals surface area contributed by atoms with Gasteiger partial charge in [-0.25, -0.2) is 0 Å². The van der Waals surface area contributed by atoms with Crippen LogP contribution in [0.2, 0.25) is 0 Å². The minimum atomic E-state index is 0.565. The standard InChI is InChI=1S/C13H15NO/c1-9(2)11-4-6-12(7-5-11)13-8-10(3)14-15-13/h4-9H,1-3H3. The fourth-order valence-corrected chi connectivity index (χ4v) is 1.53. The first kappa shape index (κ1) is 9.97. The Morgan fingerprint density at radius 3 is 2.27 bits per heavy atom. The fraction of sp³-hybridized carbons (Fsp3) is 0.308. The summed E-state index contributed by atoms with van der Waals surface area (Å²) in [4.78, 5) is 0. The molecule has 0 aliphatic heterocycles. The predicted molar refractivity (Wildman–Crippen MR) is 60.8 cm³/mol. The van der Waals surface area contributed by atoms with Gasteiger partial charge in [-0.3, -0.25) is 0 Å². The summed E-state index contributed by atoms with van der Waals surface area (Å²) in [7, 11) is 0. The highest BCUT2D eigenvalue weighted by atomic mass is 16.5. The topological polar surface area (TPSA) is 26.0 Å². The van der Waals surface area contributed by atoms with Gasteiger partial charge in [0.1, 0.15) is 0 Å². The van der Waals surface area contributed by atoms with Crippen molar-refractivity contribution in [2.24, 2.45) is 0 Å². The molecule has 0 fully saturated rings. The average Bonchev–Trinajstić information content (AvgIpc) is 2.65. The number of hydrogen-bond donors (Lipinski definition) is 0. The average molecular weight is 201 g/mol. The molecular formula is C13H15NO. The molecule has 2 rings (SSSR count). The van der Waals surface area contributed by atoms with Gasteiger partial charge in [0.25, 0.3) is 0 Å². The first-order valence-corrected chi connectivity index (χ1v) is 5.20. The maximum absolute atomic E-state index is 5.20. The molecule has 0 N–H and O–H groups in total. The zero-order valence-electron chi connectivity index (χ0n) is 9.32. The SMILES string of the molecule is Cc1cc(-c2ccc(C(C)C)cc2)on1. The summed E-state index contributed by atoms with van der Waals surface area (Å²) in [6.07, 6.45) is 0. The van der Waals surface area contributed by atoms with E-state index in [4.69, 9.17) is 4.52 Å². The van der Waals surface area contributed by atoms with Gasteiger partial charge in [0, 0.05) is 11.6 Å². The van der Waals surface area contributed by atoms with Crippen molar-refractivity contribution in [3.05, 3.63) is 41.6 Å². The highest BCUT2D eigenvalue weighted by molar-refractivity contribution is 5.57. The molecule has 0 unspecified atom stereocenters. The van der Waals surface area contributed by atoms with E-state index in [1.54, 1.807) is 0 Å². The Bertz CT molecular complexity index is 440. The van der Waals surface area contributed by atoms with E-state index in [9.17, 15) is 0 Å². The van der Waals surface area contributed by atoms with E-state index in [1.165, 1.54) is 5.56 Å². The Morgan fingerprint density at radius 2 is 1.80 bits per heavy atom. The van der Waals surface area contributed by atoms with Crippen LogP contribution in [0.4, 0.5) is 0 Å². The third-order valence-corrected chi connectivity index (χ3v) is 2.49. The lowest BCUT2D eigenvalue weighted by Crippen LogP contribution is -1.85. The van der Waals surface area contributed by atoms with Gasteiger partial charge in [-0.2, -0.15) is 0 Å². The Labute approximate surface area is 89.9 Å². The minimum Gasteiger partial charge on any atom is -0.356 e. The number of aryl methyl sites for hydroxylation is 1. The number of hydrogen-bond acceptors (Lipinski definition) is 2. The van der Waals surface area contributed by atoms with Crippen LogP contribution in [0.3, 0.4) is 0 Å². The van der Waals surface area contributed by atoms with Crippen LogP contribution in [0.15, 0.2) is 34.9 Å². The third-order valence-electron chi connectivity index (χ3n) is 2.49. The van der Waals surface area contributed by atoms with Crippen LogP contribution in [0.1, 0.15) is 31.0 Å². The quantitative estimate of drug-likeness (QED) is 0.739. The van der Waals surface area contributed by atoms with Crippen LogP contribution in [0, 0.1) is 6.92 Å². The number of benzene rings is 1. The highest BCUT2D eigenvalue weighted by Gasteiger charge is 2.04. The smallest absolute Gasteiger partial charge is 0.167 e. The molecule has 15 heavy (non-hydrogen) atoms. The van der Waals surface area contributed by atoms with Gasteiger partial charge in [-0.1, -0.05) is 43.3 Å². The monoisotopic (exact) mass is 201 g/mol. The Morgan fingerprint density at radius 1 is 1.13 bits per heavy atom. The summed E-state index contributed by atoms with van der Waals surface area (Å²) in [5.74, 6) is 1.40. The molecule has 0 atom stereocenters. The summed E-state index contributed by atoms with van der Waals surface area (Å²) < 4.78 is 5.20. The van der Waals surface area contributed by atoms with Crippen molar-refractivity contribution in [1.82, 2.24) is 5.16 Å². The Balaban J connectivity index is 2.31. The maximum Gasteiger partial charge on any atom is 0.167 e. The van der Waals surface area contributed by atoms with Crippen molar-refractivity contribution in [3.8, 4) is 11.3 Å². The molecule has 1 aromatic heterocycles. The van der Waals surface area contributed by atoms with Crippen LogP contribution in [-0.4, -0.2) is 5.16 Å². The lowest BCUT2D eigenvalue weighted by molar-refractivity contribution is 0.427. The van der Waals surface area contributed by atoms with E-state index in [-0.39, 0.29) is 0 Å². The first-order chi connectivity index (χ1) is 7.16. The van der Waals surface area contributed by atoms with E-state index in [0.29, 0.717) is 5.92 Å². The molecule has 0 saturated carbocycles. The molecular weight excluding hydrogens is 186 g/mol. The van der Waals surface area contributed by atoms with Crippen molar-refractivity contribution >= 4 is 0 Å². The summed E-state index contributed by atoms with van der Waals surface area (Å²) >= 11 is 0. The third kappa shape index (κ3) is 2.09. The van der Waals surface area contributed by atoms with Gasteiger partial charge < -0.3 is 4.52 Å². The van der Waals surface area contributed by atoms with Crippen LogP contribution >= 0.6 is 0 Å². The molecule has 0 aliphatic carbocycles. The molecule has 0 amide bonds. The van der Waals surface area contributed by atoms with Gasteiger partial charge in [-0.05, 0) is 18.4 Å². The van der Waals surface area contributed by atoms with Gasteiger partial charge in [0.15, 0.2) is 5.76 Å². The zero-order valence-corrected chi connectivity index (χ0v) is 9.32. The summed E-state index contributed by atoms with van der Waals surface area (Å²) in [5, 5.41) is 3.88.